The number of benzene rings is 1. The fourth-order valence-corrected chi connectivity index (χ4v) is 5.24. The van der Waals surface area contributed by atoms with Gasteiger partial charge in [-0.05, 0) is 56.2 Å². The number of ketones is 1. The molecule has 3 rings (SSSR count). The molecule has 38 heavy (non-hydrogen) atoms. The highest BCUT2D eigenvalue weighted by molar-refractivity contribution is 5.88. The van der Waals surface area contributed by atoms with Crippen LogP contribution in [0.2, 0.25) is 0 Å². The standard InChI is InChI=1S/C30H44N2O6/c1-6-8-21-28(35)19(3)10-7-9-18(2)11-13-23(38-27(34)16-25(33)30(4,5)29(21)36)20-12-14-24-22(15-20)32-26(17-31)37-24/h11-12,14-15,19,21,23,25,28,33,35H,6-10,13,16-17,31H2,1-5H3/b18-11-. The van der Waals surface area contributed by atoms with E-state index >= 15 is 0 Å². The first kappa shape index (κ1) is 30.0. The van der Waals surface area contributed by atoms with Gasteiger partial charge in [-0.15, -0.1) is 0 Å². The zero-order valence-corrected chi connectivity index (χ0v) is 23.4. The van der Waals surface area contributed by atoms with Gasteiger partial charge in [0.2, 0.25) is 5.89 Å². The number of carbonyl (C=O) groups is 2. The number of aliphatic hydroxyl groups is 2. The average Bonchev–Trinajstić information content (AvgIpc) is 3.30. The van der Waals surface area contributed by atoms with Crippen LogP contribution in [-0.2, 0) is 20.9 Å². The third kappa shape index (κ3) is 7.10. The summed E-state index contributed by atoms with van der Waals surface area (Å²) in [6.07, 6.45) is 3.34. The van der Waals surface area contributed by atoms with E-state index in [-0.39, 0.29) is 24.7 Å². The Morgan fingerprint density at radius 1 is 1.21 bits per heavy atom. The number of nitrogens with zero attached hydrogens (tertiary/aromatic N) is 1. The number of allylic oxidation sites excluding steroid dienone is 1. The second-order valence-electron chi connectivity index (χ2n) is 11.4. The van der Waals surface area contributed by atoms with Gasteiger partial charge in [-0.2, -0.15) is 0 Å². The summed E-state index contributed by atoms with van der Waals surface area (Å²) >= 11 is 0. The summed E-state index contributed by atoms with van der Waals surface area (Å²) in [5, 5.41) is 22.2. The van der Waals surface area contributed by atoms with E-state index in [1.54, 1.807) is 19.9 Å². The number of carbonyl (C=O) groups excluding carboxylic acids is 2. The van der Waals surface area contributed by atoms with Crippen molar-refractivity contribution in [1.82, 2.24) is 4.98 Å². The zero-order valence-electron chi connectivity index (χ0n) is 23.4. The highest BCUT2D eigenvalue weighted by Gasteiger charge is 2.43. The van der Waals surface area contributed by atoms with E-state index in [1.807, 2.05) is 32.9 Å². The Bertz CT molecular complexity index is 1140. The number of hydrogen-bond acceptors (Lipinski definition) is 8. The maximum Gasteiger partial charge on any atom is 0.309 e. The molecule has 2 heterocycles. The molecule has 0 amide bonds. The second-order valence-corrected chi connectivity index (χ2v) is 11.4. The topological polar surface area (TPSA) is 136 Å². The molecule has 8 heteroatoms. The molecule has 210 valence electrons. The van der Waals surface area contributed by atoms with Crippen LogP contribution in [0.1, 0.15) is 97.1 Å². The molecule has 0 radical (unpaired) electrons. The highest BCUT2D eigenvalue weighted by atomic mass is 16.5. The smallest absolute Gasteiger partial charge is 0.309 e. The van der Waals surface area contributed by atoms with Gasteiger partial charge in [0.05, 0.1) is 30.6 Å². The van der Waals surface area contributed by atoms with E-state index < -0.39 is 35.6 Å². The molecule has 1 aliphatic rings. The van der Waals surface area contributed by atoms with Crippen molar-refractivity contribution in [3.05, 3.63) is 41.3 Å². The molecule has 1 aliphatic heterocycles. The number of aromatic nitrogens is 1. The van der Waals surface area contributed by atoms with Crippen LogP contribution >= 0.6 is 0 Å². The van der Waals surface area contributed by atoms with Gasteiger partial charge < -0.3 is 25.1 Å². The van der Waals surface area contributed by atoms with Crippen LogP contribution in [0.5, 0.6) is 0 Å². The van der Waals surface area contributed by atoms with Crippen LogP contribution in [-0.4, -0.2) is 39.2 Å². The van der Waals surface area contributed by atoms with Crippen LogP contribution in [0.15, 0.2) is 34.3 Å². The summed E-state index contributed by atoms with van der Waals surface area (Å²) < 4.78 is 11.5. The molecular formula is C30H44N2O6. The molecule has 0 spiro atoms. The molecule has 4 N–H and O–H groups in total. The first-order valence-electron chi connectivity index (χ1n) is 13.8. The Morgan fingerprint density at radius 2 is 1.95 bits per heavy atom. The summed E-state index contributed by atoms with van der Waals surface area (Å²) in [6.45, 7) is 9.49. The maximum atomic E-state index is 13.6. The number of fused-ring (bicyclic) bond motifs is 1. The Hall–Kier alpha value is -2.55. The van der Waals surface area contributed by atoms with Crippen molar-refractivity contribution < 1.29 is 29.0 Å². The third-order valence-electron chi connectivity index (χ3n) is 7.95. The molecule has 0 saturated heterocycles. The number of aliphatic hydroxyl groups excluding tert-OH is 2. The Morgan fingerprint density at radius 3 is 2.63 bits per heavy atom. The van der Waals surface area contributed by atoms with Crippen molar-refractivity contribution in [2.24, 2.45) is 23.0 Å². The summed E-state index contributed by atoms with van der Waals surface area (Å²) in [6, 6.07) is 5.47. The van der Waals surface area contributed by atoms with E-state index in [0.29, 0.717) is 29.8 Å². The SMILES string of the molecule is CCCC1C(=O)C(C)(C)C(O)CC(=O)OC(c2ccc3oc(CN)nc3c2)C/C=C(/C)CCCC(C)C1O. The van der Waals surface area contributed by atoms with E-state index in [9.17, 15) is 19.8 Å². The molecule has 0 bridgehead atoms. The number of ether oxygens (including phenoxy) is 1. The van der Waals surface area contributed by atoms with E-state index in [0.717, 1.165) is 36.8 Å². The first-order valence-corrected chi connectivity index (χ1v) is 13.8. The monoisotopic (exact) mass is 528 g/mol. The molecule has 2 aromatic rings. The van der Waals surface area contributed by atoms with Crippen molar-refractivity contribution in [1.29, 1.82) is 0 Å². The number of rotatable bonds is 4. The quantitative estimate of drug-likeness (QED) is 0.366. The maximum absolute atomic E-state index is 13.6. The molecule has 1 aromatic carbocycles. The number of hydrogen-bond donors (Lipinski definition) is 3. The predicted molar refractivity (Wildman–Crippen MR) is 146 cm³/mol. The predicted octanol–water partition coefficient (Wildman–Crippen LogP) is 5.15. The summed E-state index contributed by atoms with van der Waals surface area (Å²) in [5.74, 6) is -1.04. The Labute approximate surface area is 225 Å². The fraction of sp³-hybridized carbons (Fsp3) is 0.633. The second kappa shape index (κ2) is 13.0. The van der Waals surface area contributed by atoms with Gasteiger partial charge in [0, 0.05) is 12.3 Å². The van der Waals surface area contributed by atoms with Crippen LogP contribution < -0.4 is 5.73 Å². The largest absolute Gasteiger partial charge is 0.457 e. The van der Waals surface area contributed by atoms with Crippen LogP contribution in [0.3, 0.4) is 0 Å². The third-order valence-corrected chi connectivity index (χ3v) is 7.95. The van der Waals surface area contributed by atoms with Gasteiger partial charge in [-0.1, -0.05) is 51.8 Å². The normalized spacial score (nSPS) is 29.6. The summed E-state index contributed by atoms with van der Waals surface area (Å²) in [4.78, 5) is 31.1. The molecule has 5 unspecified atom stereocenters. The lowest BCUT2D eigenvalue weighted by Crippen LogP contribution is -2.46. The van der Waals surface area contributed by atoms with Gasteiger partial charge in [-0.3, -0.25) is 9.59 Å². The van der Waals surface area contributed by atoms with Gasteiger partial charge in [0.1, 0.15) is 17.4 Å². The minimum Gasteiger partial charge on any atom is -0.457 e. The van der Waals surface area contributed by atoms with Crippen LogP contribution in [0.4, 0.5) is 0 Å². The van der Waals surface area contributed by atoms with Gasteiger partial charge in [-0.25, -0.2) is 4.98 Å². The molecular weight excluding hydrogens is 484 g/mol. The number of nitrogens with two attached hydrogens (primary N) is 1. The molecule has 5 atom stereocenters. The van der Waals surface area contributed by atoms with Crippen LogP contribution in [0, 0.1) is 17.3 Å². The van der Waals surface area contributed by atoms with Crippen LogP contribution in [0.25, 0.3) is 11.1 Å². The van der Waals surface area contributed by atoms with E-state index in [2.05, 4.69) is 11.1 Å². The molecule has 1 aromatic heterocycles. The van der Waals surface area contributed by atoms with Crippen molar-refractivity contribution >= 4 is 22.9 Å². The Balaban J connectivity index is 1.93. The van der Waals surface area contributed by atoms with Crippen molar-refractivity contribution in [2.75, 3.05) is 0 Å². The van der Waals surface area contributed by atoms with Crippen molar-refractivity contribution in [2.45, 2.75) is 104 Å². The summed E-state index contributed by atoms with van der Waals surface area (Å²) in [5.41, 5.74) is 7.60. The highest BCUT2D eigenvalue weighted by Crippen LogP contribution is 2.35. The van der Waals surface area contributed by atoms with E-state index in [4.69, 9.17) is 14.9 Å². The summed E-state index contributed by atoms with van der Waals surface area (Å²) in [7, 11) is 0. The van der Waals surface area contributed by atoms with Crippen molar-refractivity contribution in [3.8, 4) is 0 Å². The number of esters is 1. The van der Waals surface area contributed by atoms with Crippen molar-refractivity contribution in [3.63, 3.8) is 0 Å². The van der Waals surface area contributed by atoms with Gasteiger partial charge >= 0.3 is 5.97 Å². The number of cyclic esters (lactones) is 1. The molecule has 0 fully saturated rings. The lowest BCUT2D eigenvalue weighted by molar-refractivity contribution is -0.156. The average molecular weight is 529 g/mol. The Kier molecular flexibility index (Phi) is 10.3. The lowest BCUT2D eigenvalue weighted by Gasteiger charge is -2.36. The fourth-order valence-electron chi connectivity index (χ4n) is 5.24. The molecule has 8 nitrogen and oxygen atoms in total. The first-order chi connectivity index (χ1) is 18.0. The van der Waals surface area contributed by atoms with E-state index in [1.165, 1.54) is 0 Å². The number of Topliss-reactive ketones (excluding diaryl/α,β-unsaturated/α-hetero) is 1. The van der Waals surface area contributed by atoms with Gasteiger partial charge in [0.25, 0.3) is 0 Å². The minimum atomic E-state index is -1.25. The molecule has 0 saturated carbocycles. The van der Waals surface area contributed by atoms with Gasteiger partial charge in [0.15, 0.2) is 5.58 Å². The minimum absolute atomic E-state index is 0.0607. The zero-order chi connectivity index (χ0) is 28.0. The molecule has 0 aliphatic carbocycles. The number of oxazole rings is 1. The lowest BCUT2D eigenvalue weighted by atomic mass is 9.71.